The fourth-order valence-corrected chi connectivity index (χ4v) is 3.98. The normalized spacial score (nSPS) is 10.6. The summed E-state index contributed by atoms with van der Waals surface area (Å²) in [5, 5.41) is 3.28. The Bertz CT molecular complexity index is 975. The quantitative estimate of drug-likeness (QED) is 0.492. The molecule has 3 aromatic rings. The molecule has 0 aliphatic heterocycles. The number of rotatable bonds is 8. The topological polar surface area (TPSA) is 59.5 Å². The third kappa shape index (κ3) is 5.89. The Kier molecular flexibility index (Phi) is 7.38. The zero-order valence-electron chi connectivity index (χ0n) is 16.0. The fraction of sp³-hybridized carbons (Fsp3) is 0.227. The molecule has 7 heteroatoms. The predicted octanol–water partition coefficient (Wildman–Crippen LogP) is 4.60. The SMILES string of the molecule is COC(=O)CCN(Cc1ccccc1)C(=O)Cc1csc(-c2ccccc2Cl)n1. The van der Waals surface area contributed by atoms with Crippen LogP contribution in [0.15, 0.2) is 60.0 Å². The minimum absolute atomic E-state index is 0.0891. The van der Waals surface area contributed by atoms with Crippen LogP contribution in [0.2, 0.25) is 5.02 Å². The van der Waals surface area contributed by atoms with Crippen LogP contribution in [0.25, 0.3) is 10.6 Å². The average Bonchev–Trinajstić information content (AvgIpc) is 3.20. The number of amides is 1. The summed E-state index contributed by atoms with van der Waals surface area (Å²) < 4.78 is 4.71. The maximum absolute atomic E-state index is 12.9. The van der Waals surface area contributed by atoms with Crippen LogP contribution in [0.5, 0.6) is 0 Å². The lowest BCUT2D eigenvalue weighted by molar-refractivity contribution is -0.141. The number of benzene rings is 2. The molecule has 1 aromatic heterocycles. The Morgan fingerprint density at radius 1 is 1.10 bits per heavy atom. The van der Waals surface area contributed by atoms with Gasteiger partial charge in [0.1, 0.15) is 5.01 Å². The fourth-order valence-electron chi connectivity index (χ4n) is 2.84. The molecule has 0 unspecified atom stereocenters. The molecule has 3 rings (SSSR count). The summed E-state index contributed by atoms with van der Waals surface area (Å²) in [6, 6.07) is 17.2. The van der Waals surface area contributed by atoms with E-state index in [2.05, 4.69) is 4.98 Å². The Morgan fingerprint density at radius 3 is 2.55 bits per heavy atom. The number of hydrogen-bond donors (Lipinski definition) is 0. The molecule has 29 heavy (non-hydrogen) atoms. The van der Waals surface area contributed by atoms with Gasteiger partial charge in [0.05, 0.1) is 30.7 Å². The van der Waals surface area contributed by atoms with Crippen LogP contribution >= 0.6 is 22.9 Å². The van der Waals surface area contributed by atoms with E-state index < -0.39 is 0 Å². The van der Waals surface area contributed by atoms with Gasteiger partial charge in [-0.05, 0) is 11.6 Å². The lowest BCUT2D eigenvalue weighted by atomic mass is 10.2. The van der Waals surface area contributed by atoms with Gasteiger partial charge in [0.15, 0.2) is 0 Å². The molecule has 0 spiro atoms. The zero-order valence-corrected chi connectivity index (χ0v) is 17.6. The molecule has 0 fully saturated rings. The standard InChI is InChI=1S/C22H21ClN2O3S/c1-28-21(27)11-12-25(14-16-7-3-2-4-8-16)20(26)13-17-15-29-22(24-17)18-9-5-6-10-19(18)23/h2-10,15H,11-14H2,1H3. The molecule has 1 heterocycles. The third-order valence-corrected chi connectivity index (χ3v) is 5.62. The number of hydrogen-bond acceptors (Lipinski definition) is 5. The number of nitrogens with zero attached hydrogens (tertiary/aromatic N) is 2. The summed E-state index contributed by atoms with van der Waals surface area (Å²) in [5.41, 5.74) is 2.54. The van der Waals surface area contributed by atoms with Crippen molar-refractivity contribution in [2.45, 2.75) is 19.4 Å². The van der Waals surface area contributed by atoms with E-state index in [1.807, 2.05) is 60.0 Å². The number of halogens is 1. The molecule has 2 aromatic carbocycles. The first kappa shape index (κ1) is 21.0. The van der Waals surface area contributed by atoms with E-state index in [0.717, 1.165) is 16.1 Å². The summed E-state index contributed by atoms with van der Waals surface area (Å²) in [6.07, 6.45) is 0.311. The van der Waals surface area contributed by atoms with Crippen LogP contribution in [0.1, 0.15) is 17.7 Å². The van der Waals surface area contributed by atoms with E-state index in [-0.39, 0.29) is 24.7 Å². The monoisotopic (exact) mass is 428 g/mol. The average molecular weight is 429 g/mol. The highest BCUT2D eigenvalue weighted by atomic mass is 35.5. The molecule has 0 bridgehead atoms. The van der Waals surface area contributed by atoms with E-state index in [9.17, 15) is 9.59 Å². The van der Waals surface area contributed by atoms with Crippen molar-refractivity contribution in [3.05, 3.63) is 76.3 Å². The Morgan fingerprint density at radius 2 is 1.83 bits per heavy atom. The van der Waals surface area contributed by atoms with Crippen molar-refractivity contribution in [2.24, 2.45) is 0 Å². The van der Waals surface area contributed by atoms with E-state index in [1.165, 1.54) is 18.4 Å². The zero-order chi connectivity index (χ0) is 20.6. The lowest BCUT2D eigenvalue weighted by Crippen LogP contribution is -2.34. The van der Waals surface area contributed by atoms with Crippen molar-refractivity contribution >= 4 is 34.8 Å². The van der Waals surface area contributed by atoms with Gasteiger partial charge in [0.2, 0.25) is 5.91 Å². The Balaban J connectivity index is 1.72. The third-order valence-electron chi connectivity index (χ3n) is 4.37. The summed E-state index contributed by atoms with van der Waals surface area (Å²) in [5.74, 6) is -0.431. The van der Waals surface area contributed by atoms with Crippen molar-refractivity contribution in [3.8, 4) is 10.6 Å². The molecule has 1 amide bonds. The number of ether oxygens (including phenoxy) is 1. The highest BCUT2D eigenvalue weighted by Crippen LogP contribution is 2.30. The lowest BCUT2D eigenvalue weighted by Gasteiger charge is -2.22. The van der Waals surface area contributed by atoms with Crippen LogP contribution in [-0.4, -0.2) is 35.4 Å². The maximum atomic E-state index is 12.9. The molecule has 0 saturated heterocycles. The van der Waals surface area contributed by atoms with Gasteiger partial charge in [-0.3, -0.25) is 9.59 Å². The minimum atomic E-state index is -0.342. The molecule has 0 aliphatic rings. The first-order valence-corrected chi connectivity index (χ1v) is 10.4. The molecule has 150 valence electrons. The molecule has 0 aliphatic carbocycles. The van der Waals surface area contributed by atoms with Gasteiger partial charge in [0, 0.05) is 24.0 Å². The van der Waals surface area contributed by atoms with E-state index in [4.69, 9.17) is 16.3 Å². The molecular formula is C22H21ClN2O3S. The van der Waals surface area contributed by atoms with Gasteiger partial charge in [-0.15, -0.1) is 11.3 Å². The predicted molar refractivity (Wildman–Crippen MR) is 115 cm³/mol. The summed E-state index contributed by atoms with van der Waals surface area (Å²) in [7, 11) is 1.34. The van der Waals surface area contributed by atoms with Gasteiger partial charge in [-0.25, -0.2) is 4.98 Å². The summed E-state index contributed by atoms with van der Waals surface area (Å²) in [6.45, 7) is 0.722. The van der Waals surface area contributed by atoms with Crippen LogP contribution in [0, 0.1) is 0 Å². The summed E-state index contributed by atoms with van der Waals surface area (Å²) in [4.78, 5) is 30.7. The minimum Gasteiger partial charge on any atom is -0.469 e. The molecule has 0 atom stereocenters. The molecule has 5 nitrogen and oxygen atoms in total. The largest absolute Gasteiger partial charge is 0.469 e. The number of methoxy groups -OCH3 is 1. The Labute approximate surface area is 178 Å². The van der Waals surface area contributed by atoms with Crippen molar-refractivity contribution in [1.82, 2.24) is 9.88 Å². The summed E-state index contributed by atoms with van der Waals surface area (Å²) >= 11 is 7.70. The second-order valence-electron chi connectivity index (χ2n) is 6.43. The highest BCUT2D eigenvalue weighted by Gasteiger charge is 2.18. The first-order valence-electron chi connectivity index (χ1n) is 9.14. The van der Waals surface area contributed by atoms with E-state index in [0.29, 0.717) is 23.8 Å². The van der Waals surface area contributed by atoms with E-state index in [1.54, 1.807) is 4.90 Å². The molecule has 0 radical (unpaired) electrons. The molecular weight excluding hydrogens is 408 g/mol. The molecule has 0 N–H and O–H groups in total. The molecule has 0 saturated carbocycles. The second-order valence-corrected chi connectivity index (χ2v) is 7.69. The number of esters is 1. The number of carbonyl (C=O) groups is 2. The van der Waals surface area contributed by atoms with Gasteiger partial charge in [-0.1, -0.05) is 60.1 Å². The van der Waals surface area contributed by atoms with Gasteiger partial charge in [0.25, 0.3) is 0 Å². The highest BCUT2D eigenvalue weighted by molar-refractivity contribution is 7.13. The van der Waals surface area contributed by atoms with Crippen LogP contribution in [0.4, 0.5) is 0 Å². The van der Waals surface area contributed by atoms with Gasteiger partial charge < -0.3 is 9.64 Å². The van der Waals surface area contributed by atoms with Crippen LogP contribution in [-0.2, 0) is 27.3 Å². The number of carbonyl (C=O) groups excluding carboxylic acids is 2. The van der Waals surface area contributed by atoms with Gasteiger partial charge in [-0.2, -0.15) is 0 Å². The number of aromatic nitrogens is 1. The first-order chi connectivity index (χ1) is 14.1. The Hall–Kier alpha value is -2.70. The second kappa shape index (κ2) is 10.2. The van der Waals surface area contributed by atoms with Crippen LogP contribution < -0.4 is 0 Å². The van der Waals surface area contributed by atoms with Crippen molar-refractivity contribution in [3.63, 3.8) is 0 Å². The van der Waals surface area contributed by atoms with Gasteiger partial charge >= 0.3 is 5.97 Å². The number of thiazole rings is 1. The van der Waals surface area contributed by atoms with E-state index >= 15 is 0 Å². The maximum Gasteiger partial charge on any atom is 0.307 e. The van der Waals surface area contributed by atoms with Crippen molar-refractivity contribution in [2.75, 3.05) is 13.7 Å². The van der Waals surface area contributed by atoms with Crippen LogP contribution in [0.3, 0.4) is 0 Å². The smallest absolute Gasteiger partial charge is 0.307 e. The van der Waals surface area contributed by atoms with Crippen molar-refractivity contribution in [1.29, 1.82) is 0 Å². The van der Waals surface area contributed by atoms with Crippen molar-refractivity contribution < 1.29 is 14.3 Å².